The Labute approximate surface area is 171 Å². The molecule has 3 aromatic carbocycles. The van der Waals surface area contributed by atoms with Crippen molar-refractivity contribution in [2.45, 2.75) is 19.1 Å². The zero-order valence-corrected chi connectivity index (χ0v) is 16.8. The van der Waals surface area contributed by atoms with Gasteiger partial charge in [0.25, 0.3) is 5.91 Å². The van der Waals surface area contributed by atoms with Crippen LogP contribution in [0.1, 0.15) is 24.1 Å². The maximum Gasteiger partial charge on any atom is 0.261 e. The molecule has 0 aliphatic carbocycles. The highest BCUT2D eigenvalue weighted by atomic mass is 16.5. The number of rotatable bonds is 8. The molecule has 0 saturated carbocycles. The van der Waals surface area contributed by atoms with Gasteiger partial charge in [0.1, 0.15) is 17.2 Å². The van der Waals surface area contributed by atoms with Crippen molar-refractivity contribution < 1.29 is 19.0 Å². The standard InChI is InChI=1S/C24H25NO4/c1-17(29-22-15-13-21(28-3)14-16-22)24(26)25-23(18-7-5-4-6-8-18)19-9-11-20(27-2)12-10-19/h4-17,23H,1-3H3,(H,25,26). The van der Waals surface area contributed by atoms with Crippen LogP contribution in [0.2, 0.25) is 0 Å². The van der Waals surface area contributed by atoms with Crippen LogP contribution in [0.25, 0.3) is 0 Å². The number of hydrogen-bond acceptors (Lipinski definition) is 4. The molecule has 2 unspecified atom stereocenters. The molecule has 1 N–H and O–H groups in total. The molecule has 3 aromatic rings. The number of amides is 1. The van der Waals surface area contributed by atoms with E-state index < -0.39 is 6.10 Å². The first kappa shape index (κ1) is 20.3. The molecule has 0 aliphatic rings. The van der Waals surface area contributed by atoms with E-state index >= 15 is 0 Å². The minimum atomic E-state index is -0.659. The van der Waals surface area contributed by atoms with E-state index in [1.165, 1.54) is 0 Å². The molecule has 3 rings (SSSR count). The Morgan fingerprint density at radius 1 is 0.724 bits per heavy atom. The second-order valence-corrected chi connectivity index (χ2v) is 6.56. The average molecular weight is 391 g/mol. The average Bonchev–Trinajstić information content (AvgIpc) is 2.78. The maximum absolute atomic E-state index is 12.9. The first-order valence-corrected chi connectivity index (χ1v) is 9.40. The third-order valence-electron chi connectivity index (χ3n) is 4.61. The SMILES string of the molecule is COc1ccc(OC(C)C(=O)NC(c2ccccc2)c2ccc(OC)cc2)cc1. The van der Waals surface area contributed by atoms with Crippen molar-refractivity contribution in [3.8, 4) is 17.2 Å². The number of benzene rings is 3. The zero-order valence-electron chi connectivity index (χ0n) is 16.8. The number of nitrogens with one attached hydrogen (secondary N) is 1. The van der Waals surface area contributed by atoms with Crippen LogP contribution in [-0.2, 0) is 4.79 Å². The van der Waals surface area contributed by atoms with Crippen LogP contribution in [0.5, 0.6) is 17.2 Å². The zero-order chi connectivity index (χ0) is 20.6. The summed E-state index contributed by atoms with van der Waals surface area (Å²) < 4.78 is 16.2. The highest BCUT2D eigenvalue weighted by Gasteiger charge is 2.22. The molecule has 29 heavy (non-hydrogen) atoms. The number of methoxy groups -OCH3 is 2. The van der Waals surface area contributed by atoms with Crippen molar-refractivity contribution in [1.82, 2.24) is 5.32 Å². The van der Waals surface area contributed by atoms with Gasteiger partial charge in [-0.1, -0.05) is 42.5 Å². The van der Waals surface area contributed by atoms with Gasteiger partial charge in [-0.15, -0.1) is 0 Å². The summed E-state index contributed by atoms with van der Waals surface area (Å²) in [6.07, 6.45) is -0.659. The Morgan fingerprint density at radius 2 is 1.21 bits per heavy atom. The van der Waals surface area contributed by atoms with Gasteiger partial charge in [0.2, 0.25) is 0 Å². The first-order chi connectivity index (χ1) is 14.1. The predicted molar refractivity (Wildman–Crippen MR) is 113 cm³/mol. The van der Waals surface area contributed by atoms with Gasteiger partial charge < -0.3 is 19.5 Å². The molecule has 0 aliphatic heterocycles. The van der Waals surface area contributed by atoms with Crippen LogP contribution in [0.15, 0.2) is 78.9 Å². The van der Waals surface area contributed by atoms with E-state index in [0.717, 1.165) is 22.6 Å². The van der Waals surface area contributed by atoms with Gasteiger partial charge in [0, 0.05) is 0 Å². The van der Waals surface area contributed by atoms with Crippen LogP contribution < -0.4 is 19.5 Å². The molecular weight excluding hydrogens is 366 g/mol. The lowest BCUT2D eigenvalue weighted by molar-refractivity contribution is -0.127. The van der Waals surface area contributed by atoms with Gasteiger partial charge in [-0.3, -0.25) is 4.79 Å². The van der Waals surface area contributed by atoms with Crippen molar-refractivity contribution in [3.05, 3.63) is 90.0 Å². The third-order valence-corrected chi connectivity index (χ3v) is 4.61. The van der Waals surface area contributed by atoms with Crippen LogP contribution >= 0.6 is 0 Å². The molecule has 0 bridgehead atoms. The Bertz CT molecular complexity index is 908. The van der Waals surface area contributed by atoms with Crippen LogP contribution in [0.3, 0.4) is 0 Å². The second kappa shape index (κ2) is 9.64. The van der Waals surface area contributed by atoms with E-state index in [9.17, 15) is 4.79 Å². The molecule has 0 fully saturated rings. The topological polar surface area (TPSA) is 56.8 Å². The van der Waals surface area contributed by atoms with Crippen LogP contribution in [-0.4, -0.2) is 26.2 Å². The Morgan fingerprint density at radius 3 is 1.76 bits per heavy atom. The van der Waals surface area contributed by atoms with Crippen molar-refractivity contribution in [1.29, 1.82) is 0 Å². The first-order valence-electron chi connectivity index (χ1n) is 9.40. The fraction of sp³-hybridized carbons (Fsp3) is 0.208. The van der Waals surface area contributed by atoms with Gasteiger partial charge >= 0.3 is 0 Å². The summed E-state index contributed by atoms with van der Waals surface area (Å²) in [7, 11) is 3.23. The van der Waals surface area contributed by atoms with E-state index in [4.69, 9.17) is 14.2 Å². The van der Waals surface area contributed by atoms with Gasteiger partial charge in [0.05, 0.1) is 20.3 Å². The summed E-state index contributed by atoms with van der Waals surface area (Å²) in [5.74, 6) is 1.90. The molecule has 2 atom stereocenters. The summed E-state index contributed by atoms with van der Waals surface area (Å²) in [4.78, 5) is 12.9. The minimum Gasteiger partial charge on any atom is -0.497 e. The van der Waals surface area contributed by atoms with E-state index in [1.807, 2.05) is 54.6 Å². The van der Waals surface area contributed by atoms with Gasteiger partial charge in [-0.25, -0.2) is 0 Å². The molecule has 150 valence electrons. The van der Waals surface area contributed by atoms with Crippen molar-refractivity contribution in [2.75, 3.05) is 14.2 Å². The molecule has 0 heterocycles. The maximum atomic E-state index is 12.9. The molecule has 5 nitrogen and oxygen atoms in total. The molecule has 0 saturated heterocycles. The lowest BCUT2D eigenvalue weighted by Gasteiger charge is -2.23. The predicted octanol–water partition coefficient (Wildman–Crippen LogP) is 4.38. The Kier molecular flexibility index (Phi) is 6.74. The van der Waals surface area contributed by atoms with E-state index in [2.05, 4.69) is 5.32 Å². The highest BCUT2D eigenvalue weighted by Crippen LogP contribution is 2.25. The summed E-state index contributed by atoms with van der Waals surface area (Å²) in [6, 6.07) is 24.4. The van der Waals surface area contributed by atoms with Gasteiger partial charge in [-0.05, 0) is 54.4 Å². The second-order valence-electron chi connectivity index (χ2n) is 6.56. The molecular formula is C24H25NO4. The van der Waals surface area contributed by atoms with Gasteiger partial charge in [-0.2, -0.15) is 0 Å². The molecule has 0 aromatic heterocycles. The van der Waals surface area contributed by atoms with Crippen molar-refractivity contribution >= 4 is 5.91 Å². The monoisotopic (exact) mass is 391 g/mol. The fourth-order valence-corrected chi connectivity index (χ4v) is 2.97. The normalized spacial score (nSPS) is 12.5. The molecule has 1 amide bonds. The summed E-state index contributed by atoms with van der Waals surface area (Å²) in [5.41, 5.74) is 1.95. The molecule has 0 spiro atoms. The number of carbonyl (C=O) groups excluding carboxylic acids is 1. The fourth-order valence-electron chi connectivity index (χ4n) is 2.97. The number of hydrogen-bond donors (Lipinski definition) is 1. The minimum absolute atomic E-state index is 0.203. The van der Waals surface area contributed by atoms with E-state index in [-0.39, 0.29) is 11.9 Å². The lowest BCUT2D eigenvalue weighted by atomic mass is 9.98. The molecule has 5 heteroatoms. The molecule has 0 radical (unpaired) electrons. The van der Waals surface area contributed by atoms with Crippen molar-refractivity contribution in [3.63, 3.8) is 0 Å². The highest BCUT2D eigenvalue weighted by molar-refractivity contribution is 5.81. The Hall–Kier alpha value is -3.47. The summed E-state index contributed by atoms with van der Waals surface area (Å²) >= 11 is 0. The van der Waals surface area contributed by atoms with Crippen molar-refractivity contribution in [2.24, 2.45) is 0 Å². The number of carbonyl (C=O) groups is 1. The largest absolute Gasteiger partial charge is 0.497 e. The third kappa shape index (κ3) is 5.29. The summed E-state index contributed by atoms with van der Waals surface area (Å²) in [6.45, 7) is 1.73. The lowest BCUT2D eigenvalue weighted by Crippen LogP contribution is -2.39. The quantitative estimate of drug-likeness (QED) is 0.619. The Balaban J connectivity index is 1.76. The summed E-state index contributed by atoms with van der Waals surface area (Å²) in [5, 5.41) is 3.10. The van der Waals surface area contributed by atoms with E-state index in [1.54, 1.807) is 45.4 Å². The van der Waals surface area contributed by atoms with E-state index in [0.29, 0.717) is 5.75 Å². The number of ether oxygens (including phenoxy) is 3. The smallest absolute Gasteiger partial charge is 0.261 e. The van der Waals surface area contributed by atoms with Gasteiger partial charge in [0.15, 0.2) is 6.10 Å². The van der Waals surface area contributed by atoms with Crippen LogP contribution in [0, 0.1) is 0 Å². The van der Waals surface area contributed by atoms with Crippen LogP contribution in [0.4, 0.5) is 0 Å².